The van der Waals surface area contributed by atoms with Gasteiger partial charge in [-0.3, -0.25) is 9.69 Å². The Morgan fingerprint density at radius 1 is 1.40 bits per heavy atom. The van der Waals surface area contributed by atoms with Crippen molar-refractivity contribution in [3.05, 3.63) is 0 Å². The van der Waals surface area contributed by atoms with E-state index < -0.39 is 5.97 Å². The van der Waals surface area contributed by atoms with Gasteiger partial charge in [-0.05, 0) is 32.4 Å². The number of nitrogens with zero attached hydrogens (tertiary/aromatic N) is 1. The summed E-state index contributed by atoms with van der Waals surface area (Å²) in [6, 6.07) is -0.133. The maximum absolute atomic E-state index is 11.8. The molecule has 0 aromatic carbocycles. The normalized spacial score (nSPS) is 20.6. The molecule has 1 heterocycles. The maximum Gasteiger partial charge on any atom is 0.315 e. The van der Waals surface area contributed by atoms with Gasteiger partial charge in [0.2, 0.25) is 0 Å². The molecule has 2 unspecified atom stereocenters. The number of nitrogens with one attached hydrogen (secondary N) is 2. The number of likely N-dealkylation sites (N-methyl/N-ethyl adjacent to an activating group) is 1. The van der Waals surface area contributed by atoms with Crippen molar-refractivity contribution < 1.29 is 14.7 Å². The van der Waals surface area contributed by atoms with Gasteiger partial charge in [-0.1, -0.05) is 20.3 Å². The largest absolute Gasteiger partial charge is 0.481 e. The van der Waals surface area contributed by atoms with Gasteiger partial charge in [0.1, 0.15) is 0 Å². The molecule has 1 saturated heterocycles. The predicted octanol–water partition coefficient (Wildman–Crippen LogP) is 1.41. The quantitative estimate of drug-likeness (QED) is 0.630. The highest BCUT2D eigenvalue weighted by molar-refractivity contribution is 5.75. The Kier molecular flexibility index (Phi) is 7.36. The molecule has 0 bridgehead atoms. The van der Waals surface area contributed by atoms with Gasteiger partial charge in [0.15, 0.2) is 0 Å². The standard InChI is InChI=1S/C14H27N3O3/c1-3-6-11(9-13(18)19)16-14(20)15-10-12-7-5-8-17(12)4-2/h11-12H,3-10H2,1-2H3,(H,18,19)(H2,15,16,20). The third-order valence-corrected chi connectivity index (χ3v) is 3.80. The van der Waals surface area contributed by atoms with E-state index in [1.807, 2.05) is 6.92 Å². The molecule has 6 nitrogen and oxygen atoms in total. The van der Waals surface area contributed by atoms with Crippen molar-refractivity contribution >= 4 is 12.0 Å². The number of carboxylic acids is 1. The zero-order chi connectivity index (χ0) is 15.0. The van der Waals surface area contributed by atoms with Gasteiger partial charge in [0.25, 0.3) is 0 Å². The highest BCUT2D eigenvalue weighted by atomic mass is 16.4. The minimum atomic E-state index is -0.878. The smallest absolute Gasteiger partial charge is 0.315 e. The highest BCUT2D eigenvalue weighted by Gasteiger charge is 2.23. The zero-order valence-corrected chi connectivity index (χ0v) is 12.5. The third-order valence-electron chi connectivity index (χ3n) is 3.80. The van der Waals surface area contributed by atoms with E-state index >= 15 is 0 Å². The first-order valence-corrected chi connectivity index (χ1v) is 7.57. The zero-order valence-electron chi connectivity index (χ0n) is 12.5. The molecule has 2 atom stereocenters. The number of aliphatic carboxylic acids is 1. The fourth-order valence-electron chi connectivity index (χ4n) is 2.77. The molecule has 20 heavy (non-hydrogen) atoms. The average Bonchev–Trinajstić information content (AvgIpc) is 2.83. The van der Waals surface area contributed by atoms with Crippen LogP contribution in [0.2, 0.25) is 0 Å². The van der Waals surface area contributed by atoms with E-state index in [-0.39, 0.29) is 18.5 Å². The van der Waals surface area contributed by atoms with E-state index in [0.717, 1.165) is 25.9 Å². The molecule has 2 amide bonds. The Labute approximate surface area is 120 Å². The van der Waals surface area contributed by atoms with Crippen LogP contribution in [0, 0.1) is 0 Å². The van der Waals surface area contributed by atoms with Crippen LogP contribution in [0.25, 0.3) is 0 Å². The fourth-order valence-corrected chi connectivity index (χ4v) is 2.77. The average molecular weight is 285 g/mol. The number of amides is 2. The molecular formula is C14H27N3O3. The van der Waals surface area contributed by atoms with Crippen LogP contribution in [-0.2, 0) is 4.79 Å². The first-order valence-electron chi connectivity index (χ1n) is 7.57. The van der Waals surface area contributed by atoms with Crippen molar-refractivity contribution in [1.29, 1.82) is 0 Å². The Hall–Kier alpha value is -1.30. The van der Waals surface area contributed by atoms with E-state index in [0.29, 0.717) is 19.0 Å². The van der Waals surface area contributed by atoms with Crippen molar-refractivity contribution in [2.75, 3.05) is 19.6 Å². The van der Waals surface area contributed by atoms with E-state index in [4.69, 9.17) is 5.11 Å². The number of carboxylic acid groups (broad SMARTS) is 1. The van der Waals surface area contributed by atoms with Crippen molar-refractivity contribution in [3.63, 3.8) is 0 Å². The van der Waals surface area contributed by atoms with E-state index in [9.17, 15) is 9.59 Å². The number of carbonyl (C=O) groups is 2. The lowest BCUT2D eigenvalue weighted by Gasteiger charge is -2.23. The highest BCUT2D eigenvalue weighted by Crippen LogP contribution is 2.15. The summed E-state index contributed by atoms with van der Waals surface area (Å²) in [4.78, 5) is 24.9. The van der Waals surface area contributed by atoms with Gasteiger partial charge in [-0.2, -0.15) is 0 Å². The molecule has 0 radical (unpaired) electrons. The summed E-state index contributed by atoms with van der Waals surface area (Å²) in [6.45, 7) is 6.84. The van der Waals surface area contributed by atoms with Crippen molar-refractivity contribution in [1.82, 2.24) is 15.5 Å². The Morgan fingerprint density at radius 2 is 2.15 bits per heavy atom. The van der Waals surface area contributed by atoms with Crippen molar-refractivity contribution in [2.24, 2.45) is 0 Å². The fraction of sp³-hybridized carbons (Fsp3) is 0.857. The van der Waals surface area contributed by atoms with Crippen LogP contribution in [-0.4, -0.2) is 53.7 Å². The van der Waals surface area contributed by atoms with Gasteiger partial charge in [0, 0.05) is 18.6 Å². The Balaban J connectivity index is 2.32. The molecule has 1 fully saturated rings. The number of urea groups is 1. The summed E-state index contributed by atoms with van der Waals surface area (Å²) in [5.41, 5.74) is 0. The summed E-state index contributed by atoms with van der Waals surface area (Å²) in [5.74, 6) is -0.878. The van der Waals surface area contributed by atoms with Gasteiger partial charge in [-0.15, -0.1) is 0 Å². The molecular weight excluding hydrogens is 258 g/mol. The third kappa shape index (κ3) is 5.77. The molecule has 0 aromatic rings. The second-order valence-corrected chi connectivity index (χ2v) is 5.36. The first kappa shape index (κ1) is 16.8. The van der Waals surface area contributed by atoms with Crippen molar-refractivity contribution in [2.45, 2.75) is 58.0 Å². The van der Waals surface area contributed by atoms with Crippen LogP contribution in [0.1, 0.15) is 46.0 Å². The van der Waals surface area contributed by atoms with Gasteiger partial charge in [0.05, 0.1) is 6.42 Å². The minimum absolute atomic E-state index is 0.0221. The SMILES string of the molecule is CCCC(CC(=O)O)NC(=O)NCC1CCCN1CC. The predicted molar refractivity (Wildman–Crippen MR) is 77.8 cm³/mol. The number of hydrogen-bond acceptors (Lipinski definition) is 3. The summed E-state index contributed by atoms with van der Waals surface area (Å²) < 4.78 is 0. The summed E-state index contributed by atoms with van der Waals surface area (Å²) >= 11 is 0. The lowest BCUT2D eigenvalue weighted by Crippen LogP contribution is -2.47. The lowest BCUT2D eigenvalue weighted by molar-refractivity contribution is -0.137. The van der Waals surface area contributed by atoms with Crippen LogP contribution in [0.5, 0.6) is 0 Å². The van der Waals surface area contributed by atoms with Crippen LogP contribution in [0.4, 0.5) is 4.79 Å². The molecule has 0 spiro atoms. The second-order valence-electron chi connectivity index (χ2n) is 5.36. The topological polar surface area (TPSA) is 81.7 Å². The van der Waals surface area contributed by atoms with E-state index in [2.05, 4.69) is 22.5 Å². The second kappa shape index (κ2) is 8.79. The monoisotopic (exact) mass is 285 g/mol. The lowest BCUT2D eigenvalue weighted by atomic mass is 10.1. The van der Waals surface area contributed by atoms with Gasteiger partial charge < -0.3 is 15.7 Å². The summed E-state index contributed by atoms with van der Waals surface area (Å²) in [6.07, 6.45) is 3.81. The maximum atomic E-state index is 11.8. The van der Waals surface area contributed by atoms with Crippen molar-refractivity contribution in [3.8, 4) is 0 Å². The summed E-state index contributed by atoms with van der Waals surface area (Å²) in [5, 5.41) is 14.4. The molecule has 0 aliphatic carbocycles. The number of rotatable bonds is 8. The van der Waals surface area contributed by atoms with E-state index in [1.54, 1.807) is 0 Å². The molecule has 1 rings (SSSR count). The van der Waals surface area contributed by atoms with Crippen LogP contribution < -0.4 is 10.6 Å². The molecule has 0 aromatic heterocycles. The molecule has 1 aliphatic rings. The van der Waals surface area contributed by atoms with Gasteiger partial charge in [-0.25, -0.2) is 4.79 Å². The Morgan fingerprint density at radius 3 is 2.75 bits per heavy atom. The molecule has 1 aliphatic heterocycles. The van der Waals surface area contributed by atoms with E-state index in [1.165, 1.54) is 6.42 Å². The summed E-state index contributed by atoms with van der Waals surface area (Å²) in [7, 11) is 0. The van der Waals surface area contributed by atoms with Gasteiger partial charge >= 0.3 is 12.0 Å². The Bertz CT molecular complexity index is 323. The molecule has 0 saturated carbocycles. The number of carbonyl (C=O) groups excluding carboxylic acids is 1. The van der Waals surface area contributed by atoms with Crippen LogP contribution >= 0.6 is 0 Å². The molecule has 116 valence electrons. The molecule has 6 heteroatoms. The number of likely N-dealkylation sites (tertiary alicyclic amines) is 1. The van der Waals surface area contributed by atoms with Crippen LogP contribution in [0.3, 0.4) is 0 Å². The first-order chi connectivity index (χ1) is 9.56. The molecule has 3 N–H and O–H groups in total. The number of hydrogen-bond donors (Lipinski definition) is 3. The van der Waals surface area contributed by atoms with Crippen LogP contribution in [0.15, 0.2) is 0 Å². The minimum Gasteiger partial charge on any atom is -0.481 e.